The van der Waals surface area contributed by atoms with Gasteiger partial charge in [0, 0.05) is 18.9 Å². The van der Waals surface area contributed by atoms with E-state index < -0.39 is 0 Å². The lowest BCUT2D eigenvalue weighted by molar-refractivity contribution is 0.721. The summed E-state index contributed by atoms with van der Waals surface area (Å²) in [5.74, 6) is 0.817. The zero-order valence-corrected chi connectivity index (χ0v) is 10.0. The Kier molecular flexibility index (Phi) is 2.95. The van der Waals surface area contributed by atoms with Gasteiger partial charge in [0.1, 0.15) is 0 Å². The van der Waals surface area contributed by atoms with Gasteiger partial charge >= 0.3 is 0 Å². The summed E-state index contributed by atoms with van der Waals surface area (Å²) >= 11 is 0. The van der Waals surface area contributed by atoms with Crippen LogP contribution in [0.3, 0.4) is 0 Å². The second-order valence-electron chi connectivity index (χ2n) is 4.96. The van der Waals surface area contributed by atoms with Crippen molar-refractivity contribution < 1.29 is 0 Å². The summed E-state index contributed by atoms with van der Waals surface area (Å²) in [4.78, 5) is 4.06. The molecule has 88 valence electrons. The van der Waals surface area contributed by atoms with Gasteiger partial charge in [-0.1, -0.05) is 37.1 Å². The smallest absolute Gasteiger partial charge is 0.0949 e. The summed E-state index contributed by atoms with van der Waals surface area (Å²) in [7, 11) is 0. The van der Waals surface area contributed by atoms with E-state index in [2.05, 4.69) is 33.8 Å². The average molecular weight is 226 g/mol. The monoisotopic (exact) mass is 226 g/mol. The number of hydrogen-bond donors (Lipinski definition) is 0. The van der Waals surface area contributed by atoms with E-state index in [9.17, 15) is 0 Å². The topological polar surface area (TPSA) is 17.8 Å². The third-order valence-corrected chi connectivity index (χ3v) is 3.73. The molecule has 2 aromatic rings. The summed E-state index contributed by atoms with van der Waals surface area (Å²) in [6.45, 7) is 0.922. The van der Waals surface area contributed by atoms with E-state index in [0.29, 0.717) is 0 Å². The van der Waals surface area contributed by atoms with Crippen LogP contribution in [-0.2, 0) is 6.54 Å². The standard InChI is InChI=1S/C15H18N2/c1-2-4-14(3-1)15-7-5-13(6-8-15)11-17-10-9-16-12-17/h5-10,12,14H,1-4,11H2. The first kappa shape index (κ1) is 10.6. The molecule has 0 N–H and O–H groups in total. The van der Waals surface area contributed by atoms with Crippen molar-refractivity contribution in [3.8, 4) is 0 Å². The molecule has 1 aliphatic rings. The van der Waals surface area contributed by atoms with E-state index in [1.807, 2.05) is 18.7 Å². The van der Waals surface area contributed by atoms with Crippen LogP contribution in [0.5, 0.6) is 0 Å². The molecule has 2 heteroatoms. The van der Waals surface area contributed by atoms with Crippen molar-refractivity contribution in [3.05, 3.63) is 54.1 Å². The molecular formula is C15H18N2. The Morgan fingerprint density at radius 3 is 2.53 bits per heavy atom. The van der Waals surface area contributed by atoms with Gasteiger partial charge in [-0.15, -0.1) is 0 Å². The molecule has 0 aliphatic heterocycles. The highest BCUT2D eigenvalue weighted by atomic mass is 15.0. The number of aromatic nitrogens is 2. The molecule has 1 saturated carbocycles. The molecule has 17 heavy (non-hydrogen) atoms. The molecule has 2 nitrogen and oxygen atoms in total. The number of imidazole rings is 1. The summed E-state index contributed by atoms with van der Waals surface area (Å²) in [5.41, 5.74) is 2.88. The second kappa shape index (κ2) is 4.74. The largest absolute Gasteiger partial charge is 0.333 e. The summed E-state index contributed by atoms with van der Waals surface area (Å²) in [5, 5.41) is 0. The van der Waals surface area contributed by atoms with Crippen LogP contribution < -0.4 is 0 Å². The zero-order valence-electron chi connectivity index (χ0n) is 10.0. The van der Waals surface area contributed by atoms with Crippen molar-refractivity contribution in [1.29, 1.82) is 0 Å². The van der Waals surface area contributed by atoms with Crippen LogP contribution in [0.1, 0.15) is 42.7 Å². The molecule has 0 saturated heterocycles. The average Bonchev–Trinajstić information content (AvgIpc) is 3.01. The van der Waals surface area contributed by atoms with Crippen molar-refractivity contribution in [2.24, 2.45) is 0 Å². The highest BCUT2D eigenvalue weighted by Crippen LogP contribution is 2.33. The fourth-order valence-electron chi connectivity index (χ4n) is 2.75. The van der Waals surface area contributed by atoms with Crippen molar-refractivity contribution in [1.82, 2.24) is 9.55 Å². The number of hydrogen-bond acceptors (Lipinski definition) is 1. The van der Waals surface area contributed by atoms with Crippen LogP contribution in [0.25, 0.3) is 0 Å². The predicted molar refractivity (Wildman–Crippen MR) is 69.0 cm³/mol. The quantitative estimate of drug-likeness (QED) is 0.782. The molecule has 0 radical (unpaired) electrons. The minimum atomic E-state index is 0.817. The lowest BCUT2D eigenvalue weighted by Crippen LogP contribution is -1.97. The molecule has 1 aromatic carbocycles. The molecule has 0 amide bonds. The Bertz CT molecular complexity index is 450. The zero-order chi connectivity index (χ0) is 11.5. The fraction of sp³-hybridized carbons (Fsp3) is 0.400. The fourth-order valence-corrected chi connectivity index (χ4v) is 2.75. The third kappa shape index (κ3) is 2.41. The van der Waals surface area contributed by atoms with Gasteiger partial charge in [-0.25, -0.2) is 4.98 Å². The molecule has 1 aliphatic carbocycles. The normalized spacial score (nSPS) is 16.5. The molecule has 0 atom stereocenters. The molecule has 1 fully saturated rings. The van der Waals surface area contributed by atoms with Gasteiger partial charge < -0.3 is 4.57 Å². The summed E-state index contributed by atoms with van der Waals surface area (Å²) in [6, 6.07) is 9.13. The van der Waals surface area contributed by atoms with E-state index in [-0.39, 0.29) is 0 Å². The van der Waals surface area contributed by atoms with Gasteiger partial charge in [-0.05, 0) is 29.9 Å². The SMILES string of the molecule is c1cn(Cc2ccc(C3CCCC3)cc2)cn1. The van der Waals surface area contributed by atoms with Gasteiger partial charge in [0.05, 0.1) is 6.33 Å². The van der Waals surface area contributed by atoms with Crippen LogP contribution in [0.2, 0.25) is 0 Å². The maximum absolute atomic E-state index is 4.06. The van der Waals surface area contributed by atoms with Gasteiger partial charge in [-0.2, -0.15) is 0 Å². The number of rotatable bonds is 3. The Hall–Kier alpha value is -1.57. The lowest BCUT2D eigenvalue weighted by Gasteiger charge is -2.10. The van der Waals surface area contributed by atoms with Crippen LogP contribution >= 0.6 is 0 Å². The lowest BCUT2D eigenvalue weighted by atomic mass is 9.97. The van der Waals surface area contributed by atoms with Gasteiger partial charge in [-0.3, -0.25) is 0 Å². The number of benzene rings is 1. The Morgan fingerprint density at radius 2 is 1.88 bits per heavy atom. The van der Waals surface area contributed by atoms with Crippen LogP contribution in [0.4, 0.5) is 0 Å². The van der Waals surface area contributed by atoms with Gasteiger partial charge in [0.15, 0.2) is 0 Å². The third-order valence-electron chi connectivity index (χ3n) is 3.73. The van der Waals surface area contributed by atoms with Gasteiger partial charge in [0.2, 0.25) is 0 Å². The first-order valence-electron chi connectivity index (χ1n) is 6.46. The van der Waals surface area contributed by atoms with Crippen LogP contribution in [0.15, 0.2) is 43.0 Å². The molecule has 0 spiro atoms. The van der Waals surface area contributed by atoms with Crippen molar-refractivity contribution in [2.45, 2.75) is 38.1 Å². The maximum Gasteiger partial charge on any atom is 0.0949 e. The molecule has 0 bridgehead atoms. The highest BCUT2D eigenvalue weighted by molar-refractivity contribution is 5.26. The summed E-state index contributed by atoms with van der Waals surface area (Å²) in [6.07, 6.45) is 11.3. The number of nitrogens with zero attached hydrogens (tertiary/aromatic N) is 2. The van der Waals surface area contributed by atoms with Gasteiger partial charge in [0.25, 0.3) is 0 Å². The van der Waals surface area contributed by atoms with E-state index in [1.54, 1.807) is 0 Å². The van der Waals surface area contributed by atoms with E-state index >= 15 is 0 Å². The first-order chi connectivity index (χ1) is 8.42. The molecule has 1 aromatic heterocycles. The van der Waals surface area contributed by atoms with Crippen LogP contribution in [-0.4, -0.2) is 9.55 Å². The van der Waals surface area contributed by atoms with Crippen molar-refractivity contribution in [2.75, 3.05) is 0 Å². The predicted octanol–water partition coefficient (Wildman–Crippen LogP) is 3.59. The maximum atomic E-state index is 4.06. The van der Waals surface area contributed by atoms with E-state index in [0.717, 1.165) is 12.5 Å². The van der Waals surface area contributed by atoms with Crippen molar-refractivity contribution in [3.63, 3.8) is 0 Å². The minimum Gasteiger partial charge on any atom is -0.333 e. The second-order valence-corrected chi connectivity index (χ2v) is 4.96. The van der Waals surface area contributed by atoms with Crippen LogP contribution in [0, 0.1) is 0 Å². The molecule has 1 heterocycles. The Balaban J connectivity index is 1.71. The Morgan fingerprint density at radius 1 is 1.12 bits per heavy atom. The minimum absolute atomic E-state index is 0.817. The van der Waals surface area contributed by atoms with E-state index in [4.69, 9.17) is 0 Å². The Labute approximate surface area is 102 Å². The van der Waals surface area contributed by atoms with E-state index in [1.165, 1.54) is 36.8 Å². The summed E-state index contributed by atoms with van der Waals surface area (Å²) < 4.78 is 2.10. The van der Waals surface area contributed by atoms with Crippen molar-refractivity contribution >= 4 is 0 Å². The highest BCUT2D eigenvalue weighted by Gasteiger charge is 2.16. The molecule has 3 rings (SSSR count). The molecular weight excluding hydrogens is 208 g/mol. The first-order valence-corrected chi connectivity index (χ1v) is 6.46. The molecule has 0 unspecified atom stereocenters.